The average molecular weight is 678 g/mol. The number of furan rings is 1. The van der Waals surface area contributed by atoms with Crippen molar-refractivity contribution in [1.82, 2.24) is 0 Å². The van der Waals surface area contributed by atoms with Crippen molar-refractivity contribution >= 4 is 72.7 Å². The van der Waals surface area contributed by atoms with Crippen LogP contribution in [0.1, 0.15) is 16.7 Å². The van der Waals surface area contributed by atoms with Crippen LogP contribution in [0.3, 0.4) is 0 Å². The minimum Gasteiger partial charge on any atom is -0.439 e. The standard InChI is InChI=1S/C51H35NO/c1-2-3-21-47-46-27-10-11-29-50(46)53-51(47)52(39-20-13-17-35(31-39)49-33-37-18-14-28-41(37)43-24-7-9-26-45(43)49)38-19-12-16-34(30-38)48-32-36-15-4-5-22-40(36)42-23-6-8-25-44(42)48/h2-17,19-33H,1,18H2/b21-3-. The van der Waals surface area contributed by atoms with E-state index in [4.69, 9.17) is 4.42 Å². The fourth-order valence-corrected chi connectivity index (χ4v) is 8.21. The topological polar surface area (TPSA) is 16.4 Å². The van der Waals surface area contributed by atoms with Crippen LogP contribution in [0.5, 0.6) is 0 Å². The van der Waals surface area contributed by atoms with Gasteiger partial charge in [-0.05, 0) is 121 Å². The molecule has 10 rings (SSSR count). The molecule has 0 N–H and O–H groups in total. The molecule has 0 bridgehead atoms. The van der Waals surface area contributed by atoms with E-state index in [9.17, 15) is 0 Å². The van der Waals surface area contributed by atoms with Gasteiger partial charge in [0, 0.05) is 22.3 Å². The number of para-hydroxylation sites is 1. The molecule has 1 aliphatic rings. The van der Waals surface area contributed by atoms with Crippen molar-refractivity contribution in [2.75, 3.05) is 4.90 Å². The van der Waals surface area contributed by atoms with Crippen molar-refractivity contribution in [2.24, 2.45) is 0 Å². The van der Waals surface area contributed by atoms with E-state index in [2.05, 4.69) is 175 Å². The Morgan fingerprint density at radius 2 is 1.15 bits per heavy atom. The van der Waals surface area contributed by atoms with Crippen LogP contribution in [0.4, 0.5) is 17.3 Å². The van der Waals surface area contributed by atoms with E-state index in [1.807, 2.05) is 24.3 Å². The fraction of sp³-hybridized carbons (Fsp3) is 0.0196. The quantitative estimate of drug-likeness (QED) is 0.123. The second kappa shape index (κ2) is 12.7. The molecule has 0 fully saturated rings. The Morgan fingerprint density at radius 3 is 1.89 bits per heavy atom. The summed E-state index contributed by atoms with van der Waals surface area (Å²) in [6, 6.07) is 56.9. The molecule has 2 heteroatoms. The first kappa shape index (κ1) is 30.9. The summed E-state index contributed by atoms with van der Waals surface area (Å²) >= 11 is 0. The van der Waals surface area contributed by atoms with Gasteiger partial charge in [-0.2, -0.15) is 0 Å². The third-order valence-electron chi connectivity index (χ3n) is 10.6. The van der Waals surface area contributed by atoms with Gasteiger partial charge in [0.2, 0.25) is 5.88 Å². The number of allylic oxidation sites excluding steroid dienone is 3. The molecule has 1 aliphatic carbocycles. The van der Waals surface area contributed by atoms with Crippen LogP contribution < -0.4 is 4.90 Å². The van der Waals surface area contributed by atoms with Crippen LogP contribution in [0.2, 0.25) is 0 Å². The van der Waals surface area contributed by atoms with Crippen molar-refractivity contribution in [3.8, 4) is 22.3 Å². The number of hydrogen-bond donors (Lipinski definition) is 0. The van der Waals surface area contributed by atoms with Gasteiger partial charge < -0.3 is 4.42 Å². The van der Waals surface area contributed by atoms with Gasteiger partial charge in [0.05, 0.1) is 0 Å². The molecule has 2 nitrogen and oxygen atoms in total. The van der Waals surface area contributed by atoms with Gasteiger partial charge in [0.1, 0.15) is 5.58 Å². The summed E-state index contributed by atoms with van der Waals surface area (Å²) < 4.78 is 6.85. The highest BCUT2D eigenvalue weighted by Gasteiger charge is 2.24. The van der Waals surface area contributed by atoms with Gasteiger partial charge in [-0.15, -0.1) is 0 Å². The van der Waals surface area contributed by atoms with Crippen LogP contribution in [0.15, 0.2) is 187 Å². The van der Waals surface area contributed by atoms with Gasteiger partial charge in [0.25, 0.3) is 0 Å². The van der Waals surface area contributed by atoms with E-state index in [1.165, 1.54) is 54.6 Å². The summed E-state index contributed by atoms with van der Waals surface area (Å²) in [7, 11) is 0. The Kier molecular flexibility index (Phi) is 7.40. The van der Waals surface area contributed by atoms with Crippen LogP contribution >= 0.6 is 0 Å². The molecule has 53 heavy (non-hydrogen) atoms. The van der Waals surface area contributed by atoms with Gasteiger partial charge in [0.15, 0.2) is 0 Å². The summed E-state index contributed by atoms with van der Waals surface area (Å²) in [5.41, 5.74) is 11.3. The second-order valence-electron chi connectivity index (χ2n) is 13.7. The Morgan fingerprint density at radius 1 is 0.547 bits per heavy atom. The summed E-state index contributed by atoms with van der Waals surface area (Å²) in [5.74, 6) is 0.755. The number of nitrogens with zero attached hydrogens (tertiary/aromatic N) is 1. The van der Waals surface area contributed by atoms with E-state index in [-0.39, 0.29) is 0 Å². The first-order valence-electron chi connectivity index (χ1n) is 18.2. The predicted octanol–water partition coefficient (Wildman–Crippen LogP) is 14.5. The number of benzene rings is 8. The van der Waals surface area contributed by atoms with Crippen molar-refractivity contribution in [3.05, 3.63) is 199 Å². The third-order valence-corrected chi connectivity index (χ3v) is 10.6. The molecule has 0 spiro atoms. The number of hydrogen-bond acceptors (Lipinski definition) is 2. The Labute approximate surface area is 308 Å². The van der Waals surface area contributed by atoms with Gasteiger partial charge in [-0.3, -0.25) is 4.90 Å². The van der Waals surface area contributed by atoms with E-state index in [0.29, 0.717) is 0 Å². The lowest BCUT2D eigenvalue weighted by atomic mass is 9.92. The summed E-state index contributed by atoms with van der Waals surface area (Å²) in [6.07, 6.45) is 11.4. The molecule has 9 aromatic rings. The second-order valence-corrected chi connectivity index (χ2v) is 13.7. The molecular formula is C51H35NO. The Balaban J connectivity index is 1.21. The van der Waals surface area contributed by atoms with E-state index in [1.54, 1.807) is 0 Å². The molecule has 1 heterocycles. The fourth-order valence-electron chi connectivity index (χ4n) is 8.21. The molecule has 0 aliphatic heterocycles. The monoisotopic (exact) mass is 677 g/mol. The van der Waals surface area contributed by atoms with Crippen LogP contribution in [-0.4, -0.2) is 0 Å². The predicted molar refractivity (Wildman–Crippen MR) is 226 cm³/mol. The van der Waals surface area contributed by atoms with E-state index < -0.39 is 0 Å². The zero-order valence-electron chi connectivity index (χ0n) is 29.2. The highest BCUT2D eigenvalue weighted by molar-refractivity contribution is 6.14. The minimum atomic E-state index is 0.755. The molecular weight excluding hydrogens is 643 g/mol. The van der Waals surface area contributed by atoms with Crippen molar-refractivity contribution in [2.45, 2.75) is 6.42 Å². The number of anilines is 3. The van der Waals surface area contributed by atoms with Crippen molar-refractivity contribution in [1.29, 1.82) is 0 Å². The van der Waals surface area contributed by atoms with Crippen LogP contribution in [-0.2, 0) is 6.42 Å². The molecule has 0 saturated carbocycles. The van der Waals surface area contributed by atoms with Crippen LogP contribution in [0.25, 0.3) is 77.7 Å². The summed E-state index contributed by atoms with van der Waals surface area (Å²) in [6.45, 7) is 3.98. The third kappa shape index (κ3) is 5.19. The Bertz CT molecular complexity index is 2960. The lowest BCUT2D eigenvalue weighted by molar-refractivity contribution is 0.620. The number of fused-ring (bicyclic) bond motifs is 7. The first-order chi connectivity index (χ1) is 26.2. The molecule has 0 atom stereocenters. The highest BCUT2D eigenvalue weighted by Crippen LogP contribution is 2.46. The minimum absolute atomic E-state index is 0.755. The Hall–Kier alpha value is -6.90. The average Bonchev–Trinajstić information content (AvgIpc) is 3.85. The largest absolute Gasteiger partial charge is 0.439 e. The van der Waals surface area contributed by atoms with E-state index >= 15 is 0 Å². The lowest BCUT2D eigenvalue weighted by Gasteiger charge is -2.25. The highest BCUT2D eigenvalue weighted by atomic mass is 16.4. The van der Waals surface area contributed by atoms with Crippen molar-refractivity contribution in [3.63, 3.8) is 0 Å². The molecule has 8 aromatic carbocycles. The van der Waals surface area contributed by atoms with Crippen LogP contribution in [0, 0.1) is 0 Å². The zero-order valence-corrected chi connectivity index (χ0v) is 29.2. The molecule has 0 radical (unpaired) electrons. The molecule has 0 saturated heterocycles. The number of rotatable bonds is 7. The molecule has 250 valence electrons. The smallest absolute Gasteiger partial charge is 0.213 e. The maximum Gasteiger partial charge on any atom is 0.213 e. The summed E-state index contributed by atoms with van der Waals surface area (Å²) in [5, 5.41) is 8.56. The normalized spacial score (nSPS) is 12.4. The van der Waals surface area contributed by atoms with Gasteiger partial charge in [-0.1, -0.05) is 146 Å². The van der Waals surface area contributed by atoms with Crippen molar-refractivity contribution < 1.29 is 4.42 Å². The molecule has 1 aromatic heterocycles. The van der Waals surface area contributed by atoms with E-state index in [0.717, 1.165) is 51.3 Å². The lowest BCUT2D eigenvalue weighted by Crippen LogP contribution is -2.10. The molecule has 0 unspecified atom stereocenters. The maximum absolute atomic E-state index is 6.85. The molecule has 0 amide bonds. The van der Waals surface area contributed by atoms with Gasteiger partial charge in [-0.25, -0.2) is 0 Å². The summed E-state index contributed by atoms with van der Waals surface area (Å²) in [4.78, 5) is 2.27. The SMILES string of the molecule is C=C/C=C\c1c(N(c2cccc(-c3cc4c(c5ccccc35)C=CC4)c2)c2cccc(-c3cc4ccccc4c4ccccc34)c2)oc2ccccc12. The van der Waals surface area contributed by atoms with Gasteiger partial charge >= 0.3 is 0 Å². The zero-order chi connectivity index (χ0) is 35.3. The maximum atomic E-state index is 6.85. The first-order valence-corrected chi connectivity index (χ1v) is 18.2.